The van der Waals surface area contributed by atoms with Gasteiger partial charge in [-0.05, 0) is 62.9 Å². The number of fused-ring (bicyclic) bond motifs is 1. The van der Waals surface area contributed by atoms with Crippen LogP contribution in [-0.2, 0) is 6.42 Å². The van der Waals surface area contributed by atoms with Gasteiger partial charge in [-0.2, -0.15) is 0 Å². The Morgan fingerprint density at radius 1 is 1.33 bits per heavy atom. The lowest BCUT2D eigenvalue weighted by Gasteiger charge is -2.21. The molecule has 1 aromatic carbocycles. The van der Waals surface area contributed by atoms with E-state index < -0.39 is 0 Å². The number of rotatable bonds is 3. The highest BCUT2D eigenvalue weighted by Crippen LogP contribution is 2.27. The van der Waals surface area contributed by atoms with E-state index in [9.17, 15) is 0 Å². The Labute approximate surface area is 116 Å². The van der Waals surface area contributed by atoms with E-state index in [0.29, 0.717) is 0 Å². The molecule has 0 radical (unpaired) electrons. The summed E-state index contributed by atoms with van der Waals surface area (Å²) in [7, 11) is 0. The van der Waals surface area contributed by atoms with Gasteiger partial charge in [-0.15, -0.1) is 11.3 Å². The first-order chi connectivity index (χ1) is 8.81. The molecule has 0 spiro atoms. The molecule has 1 aliphatic rings. The van der Waals surface area contributed by atoms with Gasteiger partial charge >= 0.3 is 0 Å². The van der Waals surface area contributed by atoms with Crippen molar-refractivity contribution in [2.45, 2.75) is 25.7 Å². The van der Waals surface area contributed by atoms with Gasteiger partial charge in [0.2, 0.25) is 0 Å². The lowest BCUT2D eigenvalue weighted by atomic mass is 9.93. The lowest BCUT2D eigenvalue weighted by Crippen LogP contribution is -2.27. The minimum atomic E-state index is 0.776. The topological polar surface area (TPSA) is 24.9 Å². The standard InChI is InChI=1S/C14H17ClN2S/c15-11-2-3-13-12(9-11)17-14(18-13)4-1-10-5-7-16-8-6-10/h2-3,9-10,16H,1,4-8H2. The van der Waals surface area contributed by atoms with Gasteiger partial charge < -0.3 is 5.32 Å². The van der Waals surface area contributed by atoms with Crippen LogP contribution in [0.2, 0.25) is 5.02 Å². The second-order valence-corrected chi connectivity index (χ2v) is 6.50. The summed E-state index contributed by atoms with van der Waals surface area (Å²) < 4.78 is 1.25. The van der Waals surface area contributed by atoms with E-state index in [-0.39, 0.29) is 0 Å². The summed E-state index contributed by atoms with van der Waals surface area (Å²) in [5.74, 6) is 0.877. The van der Waals surface area contributed by atoms with Crippen molar-refractivity contribution in [2.24, 2.45) is 5.92 Å². The fourth-order valence-corrected chi connectivity index (χ4v) is 3.68. The molecule has 3 rings (SSSR count). The predicted molar refractivity (Wildman–Crippen MR) is 78.5 cm³/mol. The molecule has 2 aromatic rings. The van der Waals surface area contributed by atoms with Gasteiger partial charge in [0.25, 0.3) is 0 Å². The Morgan fingerprint density at radius 3 is 3.00 bits per heavy atom. The summed E-state index contributed by atoms with van der Waals surface area (Å²) in [6.07, 6.45) is 5.02. The third-order valence-electron chi connectivity index (χ3n) is 3.62. The molecule has 2 heterocycles. The lowest BCUT2D eigenvalue weighted by molar-refractivity contribution is 0.354. The molecule has 0 atom stereocenters. The van der Waals surface area contributed by atoms with Crippen LogP contribution in [0.15, 0.2) is 18.2 Å². The average molecular weight is 281 g/mol. The molecule has 0 unspecified atom stereocenters. The summed E-state index contributed by atoms with van der Waals surface area (Å²) in [4.78, 5) is 4.68. The number of hydrogen-bond acceptors (Lipinski definition) is 3. The van der Waals surface area contributed by atoms with Gasteiger partial charge in [-0.3, -0.25) is 0 Å². The number of hydrogen-bond donors (Lipinski definition) is 1. The van der Waals surface area contributed by atoms with Crippen molar-refractivity contribution in [3.05, 3.63) is 28.2 Å². The zero-order chi connectivity index (χ0) is 12.4. The summed E-state index contributed by atoms with van der Waals surface area (Å²) in [5.41, 5.74) is 1.05. The van der Waals surface area contributed by atoms with Crippen LogP contribution in [0.4, 0.5) is 0 Å². The van der Waals surface area contributed by atoms with E-state index in [1.165, 1.54) is 42.1 Å². The van der Waals surface area contributed by atoms with Gasteiger partial charge in [0.05, 0.1) is 15.2 Å². The first-order valence-corrected chi connectivity index (χ1v) is 7.76. The van der Waals surface area contributed by atoms with Crippen LogP contribution in [0.3, 0.4) is 0 Å². The van der Waals surface area contributed by atoms with Crippen molar-refractivity contribution in [1.82, 2.24) is 10.3 Å². The monoisotopic (exact) mass is 280 g/mol. The quantitative estimate of drug-likeness (QED) is 0.923. The van der Waals surface area contributed by atoms with Gasteiger partial charge in [-0.25, -0.2) is 4.98 Å². The molecule has 0 saturated carbocycles. The maximum atomic E-state index is 5.98. The predicted octanol–water partition coefficient (Wildman–Crippen LogP) is 3.88. The maximum absolute atomic E-state index is 5.98. The highest BCUT2D eigenvalue weighted by atomic mass is 35.5. The van der Waals surface area contributed by atoms with Crippen molar-refractivity contribution < 1.29 is 0 Å². The highest BCUT2D eigenvalue weighted by Gasteiger charge is 2.14. The van der Waals surface area contributed by atoms with Crippen molar-refractivity contribution in [2.75, 3.05) is 13.1 Å². The molecule has 4 heteroatoms. The summed E-state index contributed by atoms with van der Waals surface area (Å²) >= 11 is 7.79. The Bertz CT molecular complexity index is 532. The third-order valence-corrected chi connectivity index (χ3v) is 4.95. The van der Waals surface area contributed by atoms with Crippen LogP contribution >= 0.6 is 22.9 Å². The Balaban J connectivity index is 1.67. The molecule has 1 N–H and O–H groups in total. The van der Waals surface area contributed by atoms with Crippen molar-refractivity contribution in [3.8, 4) is 0 Å². The first kappa shape index (κ1) is 12.4. The smallest absolute Gasteiger partial charge is 0.0938 e. The van der Waals surface area contributed by atoms with Crippen molar-refractivity contribution >= 4 is 33.2 Å². The fourth-order valence-electron chi connectivity index (χ4n) is 2.55. The molecular formula is C14H17ClN2S. The number of nitrogens with one attached hydrogen (secondary N) is 1. The minimum Gasteiger partial charge on any atom is -0.317 e. The zero-order valence-electron chi connectivity index (χ0n) is 10.3. The Kier molecular flexibility index (Phi) is 3.83. The fraction of sp³-hybridized carbons (Fsp3) is 0.500. The number of nitrogens with zero attached hydrogens (tertiary/aromatic N) is 1. The number of halogens is 1. The van der Waals surface area contributed by atoms with E-state index in [1.54, 1.807) is 0 Å². The van der Waals surface area contributed by atoms with E-state index in [1.807, 2.05) is 23.5 Å². The largest absolute Gasteiger partial charge is 0.317 e. The molecule has 1 aliphatic heterocycles. The van der Waals surface area contributed by atoms with Crippen LogP contribution in [0.25, 0.3) is 10.2 Å². The van der Waals surface area contributed by atoms with Gasteiger partial charge in [0.1, 0.15) is 0 Å². The van der Waals surface area contributed by atoms with Crippen LogP contribution in [-0.4, -0.2) is 18.1 Å². The van der Waals surface area contributed by atoms with Gasteiger partial charge in [-0.1, -0.05) is 11.6 Å². The summed E-state index contributed by atoms with van der Waals surface area (Å²) in [6.45, 7) is 2.36. The molecule has 1 fully saturated rings. The van der Waals surface area contributed by atoms with Gasteiger partial charge in [0, 0.05) is 5.02 Å². The number of thiazole rings is 1. The van der Waals surface area contributed by atoms with Crippen molar-refractivity contribution in [3.63, 3.8) is 0 Å². The summed E-state index contributed by atoms with van der Waals surface area (Å²) in [6, 6.07) is 5.98. The first-order valence-electron chi connectivity index (χ1n) is 6.57. The van der Waals surface area contributed by atoms with Crippen LogP contribution < -0.4 is 5.32 Å². The van der Waals surface area contributed by atoms with E-state index in [2.05, 4.69) is 16.4 Å². The zero-order valence-corrected chi connectivity index (χ0v) is 11.9. The second kappa shape index (κ2) is 5.55. The van der Waals surface area contributed by atoms with E-state index >= 15 is 0 Å². The molecule has 1 aromatic heterocycles. The highest BCUT2D eigenvalue weighted by molar-refractivity contribution is 7.18. The second-order valence-electron chi connectivity index (χ2n) is 4.95. The number of piperidine rings is 1. The maximum Gasteiger partial charge on any atom is 0.0938 e. The number of aromatic nitrogens is 1. The molecule has 0 amide bonds. The molecular weight excluding hydrogens is 264 g/mol. The third kappa shape index (κ3) is 2.85. The van der Waals surface area contributed by atoms with Crippen LogP contribution in [0.5, 0.6) is 0 Å². The summed E-state index contributed by atoms with van der Waals surface area (Å²) in [5, 5.41) is 5.44. The van der Waals surface area contributed by atoms with Crippen molar-refractivity contribution in [1.29, 1.82) is 0 Å². The minimum absolute atomic E-state index is 0.776. The molecule has 18 heavy (non-hydrogen) atoms. The number of benzene rings is 1. The molecule has 0 aliphatic carbocycles. The Morgan fingerprint density at radius 2 is 2.17 bits per heavy atom. The average Bonchev–Trinajstić information content (AvgIpc) is 2.79. The van der Waals surface area contributed by atoms with Crippen LogP contribution in [0.1, 0.15) is 24.3 Å². The van der Waals surface area contributed by atoms with Gasteiger partial charge in [0.15, 0.2) is 0 Å². The molecule has 0 bridgehead atoms. The Hall–Kier alpha value is -0.640. The van der Waals surface area contributed by atoms with Crippen LogP contribution in [0, 0.1) is 5.92 Å². The molecule has 96 valence electrons. The molecule has 1 saturated heterocycles. The SMILES string of the molecule is Clc1ccc2sc(CCC3CCNCC3)nc2c1. The van der Waals surface area contributed by atoms with E-state index in [0.717, 1.165) is 22.9 Å². The normalized spacial score (nSPS) is 17.4. The van der Waals surface area contributed by atoms with E-state index in [4.69, 9.17) is 11.6 Å². The number of aryl methyl sites for hydroxylation is 1. The molecule has 2 nitrogen and oxygen atoms in total.